The molecule has 0 aliphatic carbocycles. The van der Waals surface area contributed by atoms with Crippen molar-refractivity contribution in [3.05, 3.63) is 27.7 Å². The van der Waals surface area contributed by atoms with Crippen LogP contribution in [0.2, 0.25) is 0 Å². The summed E-state index contributed by atoms with van der Waals surface area (Å²) in [6.07, 6.45) is 3.54. The summed E-state index contributed by atoms with van der Waals surface area (Å²) < 4.78 is 2.22. The maximum Gasteiger partial charge on any atom is 0.223 e. The van der Waals surface area contributed by atoms with Crippen LogP contribution in [0.25, 0.3) is 10.2 Å². The van der Waals surface area contributed by atoms with E-state index in [1.54, 1.807) is 11.3 Å². The first-order chi connectivity index (χ1) is 10.7. The molecule has 1 aromatic heterocycles. The minimum atomic E-state index is 0.250. The van der Waals surface area contributed by atoms with E-state index < -0.39 is 0 Å². The highest BCUT2D eigenvalue weighted by atomic mass is 79.9. The van der Waals surface area contributed by atoms with Crippen LogP contribution in [0.15, 0.2) is 22.7 Å². The number of piperidine rings is 1. The second kappa shape index (κ2) is 7.06. The summed E-state index contributed by atoms with van der Waals surface area (Å²) in [5, 5.41) is 4.32. The highest BCUT2D eigenvalue weighted by Gasteiger charge is 2.22. The Morgan fingerprint density at radius 2 is 2.41 bits per heavy atom. The van der Waals surface area contributed by atoms with E-state index in [1.165, 1.54) is 4.70 Å². The van der Waals surface area contributed by atoms with Gasteiger partial charge in [-0.2, -0.15) is 0 Å². The van der Waals surface area contributed by atoms with Gasteiger partial charge in [-0.3, -0.25) is 4.79 Å². The molecule has 2 heterocycles. The number of aromatic nitrogens is 1. The number of likely N-dealkylation sites (N-methyl/N-ethyl adjacent to an activating group) is 1. The third kappa shape index (κ3) is 3.67. The molecule has 1 aliphatic rings. The van der Waals surface area contributed by atoms with E-state index in [4.69, 9.17) is 0 Å². The number of hydrogen-bond donors (Lipinski definition) is 1. The number of thiazole rings is 1. The van der Waals surface area contributed by atoms with E-state index >= 15 is 0 Å². The molecule has 4 nitrogen and oxygen atoms in total. The van der Waals surface area contributed by atoms with Gasteiger partial charge in [-0.25, -0.2) is 4.98 Å². The molecule has 1 N–H and O–H groups in total. The number of carbonyl (C=O) groups is 1. The fourth-order valence-electron chi connectivity index (χ4n) is 2.87. The van der Waals surface area contributed by atoms with Gasteiger partial charge in [0.2, 0.25) is 5.91 Å². The highest BCUT2D eigenvalue weighted by Crippen LogP contribution is 2.26. The lowest BCUT2D eigenvalue weighted by molar-refractivity contribution is -0.132. The molecular formula is C16H20BrN3OS. The maximum absolute atomic E-state index is 12.4. The number of likely N-dealkylation sites (tertiary alicyclic amines) is 1. The van der Waals surface area contributed by atoms with Crippen LogP contribution >= 0.6 is 27.3 Å². The predicted molar refractivity (Wildman–Crippen MR) is 94.3 cm³/mol. The number of rotatable bonds is 4. The van der Waals surface area contributed by atoms with Crippen molar-refractivity contribution in [2.24, 2.45) is 0 Å². The Morgan fingerprint density at radius 1 is 1.55 bits per heavy atom. The average molecular weight is 382 g/mol. The van der Waals surface area contributed by atoms with Gasteiger partial charge in [0.1, 0.15) is 0 Å². The monoisotopic (exact) mass is 381 g/mol. The van der Waals surface area contributed by atoms with Crippen molar-refractivity contribution in [2.45, 2.75) is 31.7 Å². The zero-order valence-corrected chi connectivity index (χ0v) is 15.0. The van der Waals surface area contributed by atoms with Crippen LogP contribution in [0.1, 0.15) is 24.3 Å². The summed E-state index contributed by atoms with van der Waals surface area (Å²) in [6, 6.07) is 6.57. The number of amides is 1. The number of aryl methyl sites for hydroxylation is 1. The molecule has 0 radical (unpaired) electrons. The summed E-state index contributed by atoms with van der Waals surface area (Å²) in [7, 11) is 1.97. The number of halogens is 1. The minimum absolute atomic E-state index is 0.250. The second-order valence-electron chi connectivity index (χ2n) is 5.69. The Morgan fingerprint density at radius 3 is 3.23 bits per heavy atom. The standard InChI is InChI=1S/C16H20BrN3OS/c1-18-12-3-2-8-20(10-12)16(21)7-6-15-19-13-9-11(17)4-5-14(13)22-15/h4-5,9,12,18H,2-3,6-8,10H2,1H3. The van der Waals surface area contributed by atoms with E-state index in [2.05, 4.69) is 32.3 Å². The zero-order valence-electron chi connectivity index (χ0n) is 12.6. The molecule has 1 aromatic carbocycles. The molecule has 1 saturated heterocycles. The van der Waals surface area contributed by atoms with Crippen LogP contribution in [0, 0.1) is 0 Å². The van der Waals surface area contributed by atoms with Gasteiger partial charge >= 0.3 is 0 Å². The van der Waals surface area contributed by atoms with Crippen LogP contribution in [0.3, 0.4) is 0 Å². The first-order valence-corrected chi connectivity index (χ1v) is 9.26. The third-order valence-corrected chi connectivity index (χ3v) is 5.72. The summed E-state index contributed by atoms with van der Waals surface area (Å²) in [5.41, 5.74) is 1.01. The molecule has 3 rings (SSSR count). The van der Waals surface area contributed by atoms with E-state index in [-0.39, 0.29) is 5.91 Å². The highest BCUT2D eigenvalue weighted by molar-refractivity contribution is 9.10. The van der Waals surface area contributed by atoms with Crippen molar-refractivity contribution < 1.29 is 4.79 Å². The molecule has 1 unspecified atom stereocenters. The average Bonchev–Trinajstić information content (AvgIpc) is 2.94. The molecule has 2 aromatic rings. The molecule has 1 atom stereocenters. The lowest BCUT2D eigenvalue weighted by Gasteiger charge is -2.32. The maximum atomic E-state index is 12.4. The van der Waals surface area contributed by atoms with Gasteiger partial charge in [0.25, 0.3) is 0 Å². The van der Waals surface area contributed by atoms with Crippen molar-refractivity contribution in [3.63, 3.8) is 0 Å². The summed E-state index contributed by atoms with van der Waals surface area (Å²) in [5.74, 6) is 0.250. The van der Waals surface area contributed by atoms with E-state index in [0.717, 1.165) is 47.3 Å². The van der Waals surface area contributed by atoms with E-state index in [9.17, 15) is 4.79 Å². The van der Waals surface area contributed by atoms with E-state index in [1.807, 2.05) is 24.1 Å². The van der Waals surface area contributed by atoms with Gasteiger partial charge < -0.3 is 10.2 Å². The summed E-state index contributed by atoms with van der Waals surface area (Å²) >= 11 is 5.15. The lowest BCUT2D eigenvalue weighted by atomic mass is 10.1. The van der Waals surface area contributed by atoms with Crippen molar-refractivity contribution in [1.29, 1.82) is 0 Å². The van der Waals surface area contributed by atoms with Crippen molar-refractivity contribution in [2.75, 3.05) is 20.1 Å². The Labute approximate surface area is 143 Å². The predicted octanol–water partition coefficient (Wildman–Crippen LogP) is 3.20. The molecule has 1 amide bonds. The molecule has 0 spiro atoms. The molecule has 0 bridgehead atoms. The number of fused-ring (bicyclic) bond motifs is 1. The second-order valence-corrected chi connectivity index (χ2v) is 7.72. The lowest BCUT2D eigenvalue weighted by Crippen LogP contribution is -2.47. The topological polar surface area (TPSA) is 45.2 Å². The van der Waals surface area contributed by atoms with Crippen molar-refractivity contribution >= 4 is 43.4 Å². The minimum Gasteiger partial charge on any atom is -0.341 e. The number of carbonyl (C=O) groups excluding carboxylic acids is 1. The number of nitrogens with zero attached hydrogens (tertiary/aromatic N) is 2. The number of benzene rings is 1. The summed E-state index contributed by atoms with van der Waals surface area (Å²) in [4.78, 5) is 19.0. The van der Waals surface area contributed by atoms with Crippen LogP contribution in [-0.2, 0) is 11.2 Å². The smallest absolute Gasteiger partial charge is 0.223 e. The zero-order chi connectivity index (χ0) is 15.5. The first-order valence-electron chi connectivity index (χ1n) is 7.65. The van der Waals surface area contributed by atoms with Gasteiger partial charge in [0.05, 0.1) is 15.2 Å². The quantitative estimate of drug-likeness (QED) is 0.884. The normalized spacial score (nSPS) is 18.8. The fourth-order valence-corrected chi connectivity index (χ4v) is 4.16. The van der Waals surface area contributed by atoms with Gasteiger partial charge in [-0.05, 0) is 38.1 Å². The Hall–Kier alpha value is -0.980. The molecule has 22 heavy (non-hydrogen) atoms. The van der Waals surface area contributed by atoms with Gasteiger partial charge in [-0.15, -0.1) is 11.3 Å². The first kappa shape index (κ1) is 15.9. The van der Waals surface area contributed by atoms with Crippen LogP contribution in [0.4, 0.5) is 0 Å². The van der Waals surface area contributed by atoms with Crippen molar-refractivity contribution in [1.82, 2.24) is 15.2 Å². The molecular weight excluding hydrogens is 362 g/mol. The largest absolute Gasteiger partial charge is 0.341 e. The van der Waals surface area contributed by atoms with Crippen molar-refractivity contribution in [3.8, 4) is 0 Å². The van der Waals surface area contributed by atoms with Gasteiger partial charge in [0, 0.05) is 36.4 Å². The summed E-state index contributed by atoms with van der Waals surface area (Å²) in [6.45, 7) is 1.73. The molecule has 0 saturated carbocycles. The van der Waals surface area contributed by atoms with E-state index in [0.29, 0.717) is 12.5 Å². The molecule has 1 fully saturated rings. The van der Waals surface area contributed by atoms with Gasteiger partial charge in [-0.1, -0.05) is 15.9 Å². The van der Waals surface area contributed by atoms with Crippen LogP contribution in [0.5, 0.6) is 0 Å². The number of nitrogens with one attached hydrogen (secondary N) is 1. The molecule has 6 heteroatoms. The van der Waals surface area contributed by atoms with Gasteiger partial charge in [0.15, 0.2) is 0 Å². The fraction of sp³-hybridized carbons (Fsp3) is 0.500. The van der Waals surface area contributed by atoms with Crippen LogP contribution in [-0.4, -0.2) is 42.0 Å². The van der Waals surface area contributed by atoms with Crippen LogP contribution < -0.4 is 5.32 Å². The molecule has 118 valence electrons. The number of hydrogen-bond acceptors (Lipinski definition) is 4. The SMILES string of the molecule is CNC1CCCN(C(=O)CCc2nc3cc(Br)ccc3s2)C1. The Bertz CT molecular complexity index is 672. The Balaban J connectivity index is 1.59. The third-order valence-electron chi connectivity index (χ3n) is 4.13. The Kier molecular flexibility index (Phi) is 5.10. The molecule has 1 aliphatic heterocycles.